The molecule has 2 N–H and O–H groups in total. The van der Waals surface area contributed by atoms with Crippen molar-refractivity contribution in [2.75, 3.05) is 0 Å². The predicted molar refractivity (Wildman–Crippen MR) is 84.9 cm³/mol. The fraction of sp³-hybridized carbons (Fsp3) is 0.250. The van der Waals surface area contributed by atoms with Crippen molar-refractivity contribution in [3.63, 3.8) is 0 Å². The van der Waals surface area contributed by atoms with E-state index in [2.05, 4.69) is 0 Å². The molecule has 2 aromatic carbocycles. The van der Waals surface area contributed by atoms with Crippen LogP contribution in [-0.4, -0.2) is 6.04 Å². The number of halogens is 3. The lowest BCUT2D eigenvalue weighted by atomic mass is 10.0. The lowest BCUT2D eigenvalue weighted by Gasteiger charge is -2.15. The highest BCUT2D eigenvalue weighted by atomic mass is 35.5. The molecule has 0 aliphatic carbocycles. The molecule has 112 valence electrons. The van der Waals surface area contributed by atoms with Crippen LogP contribution in [0.3, 0.4) is 0 Å². The van der Waals surface area contributed by atoms with E-state index >= 15 is 0 Å². The standard InChI is InChI=1S/C16H16Cl2FNO/c1-2-11(20)9-12-14(19)4-3-5-15(12)21-16-7-6-10(17)8-13(16)18/h3-8,11H,2,9,20H2,1H3. The minimum Gasteiger partial charge on any atom is -0.455 e. The Bertz CT molecular complexity index is 634. The lowest BCUT2D eigenvalue weighted by Crippen LogP contribution is -2.22. The third-order valence-corrected chi connectivity index (χ3v) is 3.71. The van der Waals surface area contributed by atoms with E-state index in [0.717, 1.165) is 6.42 Å². The first kappa shape index (κ1) is 16.1. The molecule has 0 heterocycles. The highest BCUT2D eigenvalue weighted by molar-refractivity contribution is 6.35. The molecule has 0 saturated heterocycles. The number of benzene rings is 2. The van der Waals surface area contributed by atoms with Crippen LogP contribution in [0.4, 0.5) is 4.39 Å². The summed E-state index contributed by atoms with van der Waals surface area (Å²) in [5.74, 6) is 0.516. The van der Waals surface area contributed by atoms with E-state index in [0.29, 0.717) is 33.5 Å². The first-order valence-electron chi connectivity index (χ1n) is 6.67. The summed E-state index contributed by atoms with van der Waals surface area (Å²) in [7, 11) is 0. The molecule has 0 fully saturated rings. The van der Waals surface area contributed by atoms with E-state index in [4.69, 9.17) is 33.7 Å². The second kappa shape index (κ2) is 7.12. The van der Waals surface area contributed by atoms with Gasteiger partial charge in [-0.2, -0.15) is 0 Å². The second-order valence-electron chi connectivity index (χ2n) is 4.77. The molecule has 1 unspecified atom stereocenters. The van der Waals surface area contributed by atoms with Gasteiger partial charge >= 0.3 is 0 Å². The summed E-state index contributed by atoms with van der Waals surface area (Å²) in [6.45, 7) is 1.96. The number of hydrogen-bond acceptors (Lipinski definition) is 2. The van der Waals surface area contributed by atoms with Crippen LogP contribution in [0, 0.1) is 5.82 Å². The van der Waals surface area contributed by atoms with Gasteiger partial charge in [0.25, 0.3) is 0 Å². The quantitative estimate of drug-likeness (QED) is 0.818. The van der Waals surface area contributed by atoms with Crippen molar-refractivity contribution >= 4 is 23.2 Å². The number of rotatable bonds is 5. The molecule has 0 aliphatic rings. The van der Waals surface area contributed by atoms with Gasteiger partial charge in [0.05, 0.1) is 5.02 Å². The van der Waals surface area contributed by atoms with Crippen LogP contribution < -0.4 is 10.5 Å². The molecular weight excluding hydrogens is 312 g/mol. The van der Waals surface area contributed by atoms with Gasteiger partial charge < -0.3 is 10.5 Å². The van der Waals surface area contributed by atoms with Crippen LogP contribution in [0.1, 0.15) is 18.9 Å². The van der Waals surface area contributed by atoms with Crippen LogP contribution in [0.15, 0.2) is 36.4 Å². The van der Waals surface area contributed by atoms with Crippen LogP contribution in [0.5, 0.6) is 11.5 Å². The summed E-state index contributed by atoms with van der Waals surface area (Å²) < 4.78 is 19.8. The molecule has 1 atom stereocenters. The number of hydrogen-bond donors (Lipinski definition) is 1. The van der Waals surface area contributed by atoms with E-state index in [1.807, 2.05) is 6.92 Å². The van der Waals surface area contributed by atoms with Gasteiger partial charge in [-0.3, -0.25) is 0 Å². The average Bonchev–Trinajstić information content (AvgIpc) is 2.45. The van der Waals surface area contributed by atoms with Crippen molar-refractivity contribution < 1.29 is 9.13 Å². The molecule has 2 aromatic rings. The van der Waals surface area contributed by atoms with E-state index < -0.39 is 0 Å². The van der Waals surface area contributed by atoms with Gasteiger partial charge in [-0.1, -0.05) is 36.2 Å². The molecule has 21 heavy (non-hydrogen) atoms. The van der Waals surface area contributed by atoms with Crippen molar-refractivity contribution in [3.05, 3.63) is 57.8 Å². The smallest absolute Gasteiger partial charge is 0.146 e. The Labute approximate surface area is 133 Å². The Morgan fingerprint density at radius 2 is 1.95 bits per heavy atom. The molecule has 0 bridgehead atoms. The topological polar surface area (TPSA) is 35.2 Å². The lowest BCUT2D eigenvalue weighted by molar-refractivity contribution is 0.461. The van der Waals surface area contributed by atoms with Crippen molar-refractivity contribution in [3.8, 4) is 11.5 Å². The SMILES string of the molecule is CCC(N)Cc1c(F)cccc1Oc1ccc(Cl)cc1Cl. The Hall–Kier alpha value is -1.29. The summed E-state index contributed by atoms with van der Waals surface area (Å²) in [6, 6.07) is 9.47. The minimum atomic E-state index is -0.332. The van der Waals surface area contributed by atoms with Gasteiger partial charge in [-0.15, -0.1) is 0 Å². The Balaban J connectivity index is 2.33. The van der Waals surface area contributed by atoms with E-state index in [1.54, 1.807) is 30.3 Å². The van der Waals surface area contributed by atoms with Gasteiger partial charge in [0.1, 0.15) is 17.3 Å². The third-order valence-electron chi connectivity index (χ3n) is 3.18. The van der Waals surface area contributed by atoms with Gasteiger partial charge in [0.2, 0.25) is 0 Å². The van der Waals surface area contributed by atoms with Crippen molar-refractivity contribution in [1.82, 2.24) is 0 Å². The Morgan fingerprint density at radius 1 is 1.19 bits per heavy atom. The van der Waals surface area contributed by atoms with Crippen molar-refractivity contribution in [2.45, 2.75) is 25.8 Å². The molecule has 2 nitrogen and oxygen atoms in total. The first-order chi connectivity index (χ1) is 10.0. The second-order valence-corrected chi connectivity index (χ2v) is 5.61. The molecular formula is C16H16Cl2FNO. The van der Waals surface area contributed by atoms with E-state index in [9.17, 15) is 4.39 Å². The first-order valence-corrected chi connectivity index (χ1v) is 7.42. The molecule has 0 aromatic heterocycles. The van der Waals surface area contributed by atoms with Gasteiger partial charge in [-0.05, 0) is 43.2 Å². The number of nitrogens with two attached hydrogens (primary N) is 1. The normalized spacial score (nSPS) is 12.2. The Kier molecular flexibility index (Phi) is 5.45. The zero-order valence-corrected chi connectivity index (χ0v) is 13.1. The summed E-state index contributed by atoms with van der Waals surface area (Å²) in [5.41, 5.74) is 6.38. The third kappa shape index (κ3) is 4.10. The predicted octanol–water partition coefficient (Wildman–Crippen LogP) is 5.20. The van der Waals surface area contributed by atoms with Gasteiger partial charge in [0.15, 0.2) is 0 Å². The maximum atomic E-state index is 14.0. The highest BCUT2D eigenvalue weighted by Gasteiger charge is 2.14. The van der Waals surface area contributed by atoms with Gasteiger partial charge in [-0.25, -0.2) is 4.39 Å². The van der Waals surface area contributed by atoms with Crippen molar-refractivity contribution in [2.24, 2.45) is 5.73 Å². The molecule has 0 amide bonds. The largest absolute Gasteiger partial charge is 0.455 e. The summed E-state index contributed by atoms with van der Waals surface area (Å²) in [5, 5.41) is 0.886. The van der Waals surface area contributed by atoms with E-state index in [-0.39, 0.29) is 11.9 Å². The summed E-state index contributed by atoms with van der Waals surface area (Å²) >= 11 is 11.9. The average molecular weight is 328 g/mol. The van der Waals surface area contributed by atoms with Crippen LogP contribution in [0.25, 0.3) is 0 Å². The fourth-order valence-electron chi connectivity index (χ4n) is 1.92. The van der Waals surface area contributed by atoms with Crippen molar-refractivity contribution in [1.29, 1.82) is 0 Å². The summed E-state index contributed by atoms with van der Waals surface area (Å²) in [6.07, 6.45) is 1.17. The maximum Gasteiger partial charge on any atom is 0.146 e. The van der Waals surface area contributed by atoms with Gasteiger partial charge in [0, 0.05) is 16.6 Å². The van der Waals surface area contributed by atoms with Crippen LogP contribution in [-0.2, 0) is 6.42 Å². The molecule has 2 rings (SSSR count). The van der Waals surface area contributed by atoms with Crippen LogP contribution in [0.2, 0.25) is 10.0 Å². The monoisotopic (exact) mass is 327 g/mol. The van der Waals surface area contributed by atoms with Crippen LogP contribution >= 0.6 is 23.2 Å². The molecule has 5 heteroatoms. The maximum absolute atomic E-state index is 14.0. The number of ether oxygens (including phenoxy) is 1. The molecule has 0 saturated carbocycles. The molecule has 0 aliphatic heterocycles. The zero-order chi connectivity index (χ0) is 15.4. The van der Waals surface area contributed by atoms with E-state index in [1.165, 1.54) is 6.07 Å². The minimum absolute atomic E-state index is 0.120. The Morgan fingerprint density at radius 3 is 2.62 bits per heavy atom. The summed E-state index contributed by atoms with van der Waals surface area (Å²) in [4.78, 5) is 0. The fourth-order valence-corrected chi connectivity index (χ4v) is 2.36. The highest BCUT2D eigenvalue weighted by Crippen LogP contribution is 2.34. The molecule has 0 radical (unpaired) electrons. The zero-order valence-electron chi connectivity index (χ0n) is 11.6. The molecule has 0 spiro atoms.